The third-order valence-corrected chi connectivity index (χ3v) is 6.33. The zero-order valence-corrected chi connectivity index (χ0v) is 18.0. The molecule has 162 valence electrons. The van der Waals surface area contributed by atoms with Crippen molar-refractivity contribution in [1.82, 2.24) is 24.7 Å². The molecule has 1 amide bonds. The van der Waals surface area contributed by atoms with Gasteiger partial charge in [0.2, 0.25) is 0 Å². The van der Waals surface area contributed by atoms with Crippen LogP contribution < -0.4 is 10.1 Å². The zero-order valence-electron chi connectivity index (χ0n) is 18.0. The molecule has 2 aromatic carbocycles. The number of carbonyl (C=O) groups excluding carboxylic acids is 1. The predicted molar refractivity (Wildman–Crippen MR) is 122 cm³/mol. The summed E-state index contributed by atoms with van der Waals surface area (Å²) in [5.74, 6) is 1.73. The number of aromatic nitrogens is 2. The van der Waals surface area contributed by atoms with E-state index >= 15 is 0 Å². The van der Waals surface area contributed by atoms with Crippen molar-refractivity contribution in [2.75, 3.05) is 52.4 Å². The molecule has 3 aromatic rings. The Morgan fingerprint density at radius 1 is 1.00 bits per heavy atom. The smallest absolute Gasteiger partial charge is 0.253 e. The zero-order chi connectivity index (χ0) is 21.2. The number of carbonyl (C=O) groups is 1. The van der Waals surface area contributed by atoms with Gasteiger partial charge in [0.25, 0.3) is 5.91 Å². The molecule has 0 spiro atoms. The highest BCUT2D eigenvalue weighted by atomic mass is 16.5. The first-order valence-corrected chi connectivity index (χ1v) is 11.2. The van der Waals surface area contributed by atoms with E-state index in [1.807, 2.05) is 30.3 Å². The highest BCUT2D eigenvalue weighted by molar-refractivity contribution is 6.06. The van der Waals surface area contributed by atoms with Crippen molar-refractivity contribution in [3.05, 3.63) is 48.0 Å². The summed E-state index contributed by atoms with van der Waals surface area (Å²) in [7, 11) is 0. The number of hydrogen-bond acceptors (Lipinski definition) is 5. The fraction of sp³-hybridized carbons (Fsp3) is 0.417. The minimum Gasteiger partial charge on any atom is -0.492 e. The van der Waals surface area contributed by atoms with Crippen LogP contribution in [0.1, 0.15) is 17.3 Å². The SMILES string of the molecule is CCN1CCN(CCOc2ccc(-c3nc4cccc5c4n3CCNC5=O)cc2)CC1. The number of hydrogen-bond donors (Lipinski definition) is 1. The lowest BCUT2D eigenvalue weighted by Gasteiger charge is -2.33. The molecule has 0 saturated carbocycles. The molecule has 1 saturated heterocycles. The monoisotopic (exact) mass is 419 g/mol. The molecule has 31 heavy (non-hydrogen) atoms. The molecular weight excluding hydrogens is 390 g/mol. The number of nitrogens with zero attached hydrogens (tertiary/aromatic N) is 4. The Kier molecular flexibility index (Phi) is 5.61. The largest absolute Gasteiger partial charge is 0.492 e. The van der Waals surface area contributed by atoms with Crippen LogP contribution in [0.3, 0.4) is 0 Å². The summed E-state index contributed by atoms with van der Waals surface area (Å²) < 4.78 is 8.14. The second-order valence-corrected chi connectivity index (χ2v) is 8.16. The quantitative estimate of drug-likeness (QED) is 0.665. The van der Waals surface area contributed by atoms with Gasteiger partial charge in [-0.25, -0.2) is 4.98 Å². The third kappa shape index (κ3) is 4.03. The van der Waals surface area contributed by atoms with Crippen LogP contribution in [0.2, 0.25) is 0 Å². The fourth-order valence-electron chi connectivity index (χ4n) is 4.51. The van der Waals surface area contributed by atoms with Crippen molar-refractivity contribution in [3.8, 4) is 17.1 Å². The molecule has 5 rings (SSSR count). The Bertz CT molecular complexity index is 1070. The van der Waals surface area contributed by atoms with Crippen LogP contribution in [0.25, 0.3) is 22.4 Å². The van der Waals surface area contributed by atoms with Crippen molar-refractivity contribution in [3.63, 3.8) is 0 Å². The van der Waals surface area contributed by atoms with E-state index in [0.717, 1.165) is 67.4 Å². The number of para-hydroxylation sites is 1. The van der Waals surface area contributed by atoms with E-state index in [2.05, 4.69) is 38.7 Å². The van der Waals surface area contributed by atoms with Gasteiger partial charge in [0, 0.05) is 51.4 Å². The standard InChI is InChI=1S/C24H29N5O2/c1-2-27-12-14-28(15-13-27)16-17-31-19-8-6-18(7-9-19)23-26-21-5-3-4-20-22(21)29(23)11-10-25-24(20)30/h3-9H,2,10-17H2,1H3,(H,25,30). The molecular formula is C24H29N5O2. The molecule has 7 nitrogen and oxygen atoms in total. The highest BCUT2D eigenvalue weighted by Crippen LogP contribution is 2.29. The van der Waals surface area contributed by atoms with Crippen LogP contribution in [0.5, 0.6) is 5.75 Å². The van der Waals surface area contributed by atoms with E-state index in [0.29, 0.717) is 25.3 Å². The van der Waals surface area contributed by atoms with Crippen LogP contribution in [0.15, 0.2) is 42.5 Å². The number of piperazine rings is 1. The van der Waals surface area contributed by atoms with Crippen LogP contribution in [0, 0.1) is 0 Å². The summed E-state index contributed by atoms with van der Waals surface area (Å²) in [5.41, 5.74) is 3.48. The van der Waals surface area contributed by atoms with Gasteiger partial charge in [-0.15, -0.1) is 0 Å². The first-order valence-electron chi connectivity index (χ1n) is 11.2. The number of rotatable bonds is 6. The number of amides is 1. The van der Waals surface area contributed by atoms with Crippen molar-refractivity contribution in [2.24, 2.45) is 0 Å². The molecule has 1 fully saturated rings. The van der Waals surface area contributed by atoms with Gasteiger partial charge in [-0.2, -0.15) is 0 Å². The summed E-state index contributed by atoms with van der Waals surface area (Å²) in [6.45, 7) is 10.8. The van der Waals surface area contributed by atoms with E-state index in [4.69, 9.17) is 9.72 Å². The van der Waals surface area contributed by atoms with E-state index in [-0.39, 0.29) is 5.91 Å². The van der Waals surface area contributed by atoms with Crippen molar-refractivity contribution < 1.29 is 9.53 Å². The highest BCUT2D eigenvalue weighted by Gasteiger charge is 2.21. The Balaban J connectivity index is 1.27. The Hall–Kier alpha value is -2.90. The van der Waals surface area contributed by atoms with Gasteiger partial charge in [0.05, 0.1) is 16.6 Å². The van der Waals surface area contributed by atoms with E-state index in [1.165, 1.54) is 0 Å². The summed E-state index contributed by atoms with van der Waals surface area (Å²) >= 11 is 0. The van der Waals surface area contributed by atoms with Gasteiger partial charge in [-0.1, -0.05) is 13.0 Å². The summed E-state index contributed by atoms with van der Waals surface area (Å²) in [6, 6.07) is 13.9. The molecule has 2 aliphatic rings. The van der Waals surface area contributed by atoms with E-state index < -0.39 is 0 Å². The van der Waals surface area contributed by atoms with Gasteiger partial charge in [-0.05, 0) is 42.9 Å². The van der Waals surface area contributed by atoms with Crippen molar-refractivity contribution in [1.29, 1.82) is 0 Å². The molecule has 0 aliphatic carbocycles. The summed E-state index contributed by atoms with van der Waals surface area (Å²) in [4.78, 5) is 22.1. The van der Waals surface area contributed by atoms with Crippen LogP contribution in [-0.2, 0) is 6.54 Å². The average molecular weight is 420 g/mol. The molecule has 0 bridgehead atoms. The van der Waals surface area contributed by atoms with Gasteiger partial charge < -0.3 is 19.5 Å². The molecule has 0 radical (unpaired) electrons. The maximum absolute atomic E-state index is 12.4. The molecule has 1 aromatic heterocycles. The number of ether oxygens (including phenoxy) is 1. The first kappa shape index (κ1) is 20.0. The van der Waals surface area contributed by atoms with E-state index in [1.54, 1.807) is 0 Å². The molecule has 7 heteroatoms. The minimum atomic E-state index is -0.0318. The van der Waals surface area contributed by atoms with Gasteiger partial charge >= 0.3 is 0 Å². The lowest BCUT2D eigenvalue weighted by molar-refractivity contribution is 0.0956. The fourth-order valence-corrected chi connectivity index (χ4v) is 4.51. The number of imidazole rings is 1. The molecule has 2 aliphatic heterocycles. The Morgan fingerprint density at radius 2 is 1.77 bits per heavy atom. The normalized spacial score (nSPS) is 17.5. The van der Waals surface area contributed by atoms with Crippen LogP contribution in [0.4, 0.5) is 0 Å². The first-order chi connectivity index (χ1) is 15.2. The molecule has 1 N–H and O–H groups in total. The lowest BCUT2D eigenvalue weighted by atomic mass is 10.1. The molecule has 0 unspecified atom stereocenters. The van der Waals surface area contributed by atoms with Gasteiger partial charge in [0.15, 0.2) is 0 Å². The van der Waals surface area contributed by atoms with Crippen LogP contribution in [-0.4, -0.2) is 77.7 Å². The third-order valence-electron chi connectivity index (χ3n) is 6.33. The number of nitrogens with one attached hydrogen (secondary N) is 1. The minimum absolute atomic E-state index is 0.0318. The Morgan fingerprint density at radius 3 is 2.55 bits per heavy atom. The molecule has 0 atom stereocenters. The number of likely N-dealkylation sites (N-methyl/N-ethyl adjacent to an activating group) is 1. The topological polar surface area (TPSA) is 62.6 Å². The van der Waals surface area contributed by atoms with Crippen molar-refractivity contribution in [2.45, 2.75) is 13.5 Å². The maximum Gasteiger partial charge on any atom is 0.253 e. The summed E-state index contributed by atoms with van der Waals surface area (Å²) in [5, 5.41) is 2.97. The second-order valence-electron chi connectivity index (χ2n) is 8.16. The molecule has 3 heterocycles. The average Bonchev–Trinajstić information content (AvgIpc) is 3.09. The number of benzene rings is 2. The summed E-state index contributed by atoms with van der Waals surface area (Å²) in [6.07, 6.45) is 0. The van der Waals surface area contributed by atoms with Crippen molar-refractivity contribution >= 4 is 16.9 Å². The van der Waals surface area contributed by atoms with E-state index in [9.17, 15) is 4.79 Å². The second kappa shape index (κ2) is 8.69. The predicted octanol–water partition coefficient (Wildman–Crippen LogP) is 2.46. The Labute approximate surface area is 182 Å². The maximum atomic E-state index is 12.4. The lowest BCUT2D eigenvalue weighted by Crippen LogP contribution is -2.47. The van der Waals surface area contributed by atoms with Gasteiger partial charge in [0.1, 0.15) is 18.2 Å². The van der Waals surface area contributed by atoms with Crippen LogP contribution >= 0.6 is 0 Å². The van der Waals surface area contributed by atoms with Gasteiger partial charge in [-0.3, -0.25) is 9.69 Å².